The molecule has 0 saturated carbocycles. The number of amides is 1. The highest BCUT2D eigenvalue weighted by Gasteiger charge is 2.18. The van der Waals surface area contributed by atoms with Crippen molar-refractivity contribution in [2.45, 2.75) is 13.0 Å². The molecule has 1 atom stereocenters. The van der Waals surface area contributed by atoms with Crippen LogP contribution >= 0.6 is 11.6 Å². The number of furan rings is 1. The Balaban J connectivity index is 1.92. The van der Waals surface area contributed by atoms with Crippen molar-refractivity contribution in [1.82, 2.24) is 5.32 Å². The average molecular weight is 353 g/mol. The molecule has 2 rings (SSSR count). The summed E-state index contributed by atoms with van der Waals surface area (Å²) in [4.78, 5) is 33.7. The van der Waals surface area contributed by atoms with Gasteiger partial charge < -0.3 is 14.5 Å². The van der Waals surface area contributed by atoms with Gasteiger partial charge in [-0.1, -0.05) is 11.6 Å². The van der Waals surface area contributed by atoms with Crippen molar-refractivity contribution in [1.29, 1.82) is 0 Å². The van der Waals surface area contributed by atoms with Crippen LogP contribution in [0.25, 0.3) is 0 Å². The molecule has 2 aromatic rings. The smallest absolute Gasteiger partial charge is 0.338 e. The summed E-state index contributed by atoms with van der Waals surface area (Å²) >= 11 is 5.66. The standard InChI is InChI=1S/C15H13ClN2O6/c1-9(13-3-2-6-23-13)17-14(19)8-24-15(20)10-4-5-11(16)12(7-10)18(21)22/h2-7,9H,8H2,1H3,(H,17,19)/t9-/m1/s1. The minimum atomic E-state index is -0.865. The summed E-state index contributed by atoms with van der Waals surface area (Å²) in [6.07, 6.45) is 1.48. The molecule has 1 aromatic carbocycles. The Bertz CT molecular complexity index is 759. The van der Waals surface area contributed by atoms with E-state index in [9.17, 15) is 19.7 Å². The summed E-state index contributed by atoms with van der Waals surface area (Å²) in [6, 6.07) is 6.49. The van der Waals surface area contributed by atoms with Crippen LogP contribution in [-0.4, -0.2) is 23.4 Å². The lowest BCUT2D eigenvalue weighted by Gasteiger charge is -2.11. The molecule has 0 aliphatic rings. The molecule has 0 fully saturated rings. The molecule has 0 radical (unpaired) electrons. The Hall–Kier alpha value is -2.87. The molecule has 0 spiro atoms. The normalized spacial score (nSPS) is 11.6. The second-order valence-electron chi connectivity index (χ2n) is 4.80. The quantitative estimate of drug-likeness (QED) is 0.486. The van der Waals surface area contributed by atoms with Gasteiger partial charge in [0.15, 0.2) is 6.61 Å². The van der Waals surface area contributed by atoms with Gasteiger partial charge in [0.05, 0.1) is 22.8 Å². The molecule has 1 aromatic heterocycles. The van der Waals surface area contributed by atoms with Gasteiger partial charge in [0.25, 0.3) is 11.6 Å². The summed E-state index contributed by atoms with van der Waals surface area (Å²) in [7, 11) is 0. The molecule has 1 heterocycles. The van der Waals surface area contributed by atoms with Gasteiger partial charge in [0, 0.05) is 6.07 Å². The van der Waals surface area contributed by atoms with Crippen molar-refractivity contribution in [3.05, 3.63) is 63.1 Å². The average Bonchev–Trinajstić information content (AvgIpc) is 3.07. The highest BCUT2D eigenvalue weighted by molar-refractivity contribution is 6.32. The number of ether oxygens (including phenoxy) is 1. The van der Waals surface area contributed by atoms with Crippen LogP contribution < -0.4 is 5.32 Å². The van der Waals surface area contributed by atoms with Gasteiger partial charge >= 0.3 is 5.97 Å². The topological polar surface area (TPSA) is 112 Å². The number of nitrogens with one attached hydrogen (secondary N) is 1. The van der Waals surface area contributed by atoms with Gasteiger partial charge in [-0.2, -0.15) is 0 Å². The van der Waals surface area contributed by atoms with Gasteiger partial charge in [-0.25, -0.2) is 4.79 Å². The minimum Gasteiger partial charge on any atom is -0.467 e. The first-order chi connectivity index (χ1) is 11.4. The number of esters is 1. The molecule has 9 heteroatoms. The van der Waals surface area contributed by atoms with E-state index in [1.54, 1.807) is 19.1 Å². The predicted octanol–water partition coefficient (Wildman–Crippen LogP) is 2.88. The molecule has 1 N–H and O–H groups in total. The zero-order valence-electron chi connectivity index (χ0n) is 12.5. The van der Waals surface area contributed by atoms with Crippen LogP contribution in [0.2, 0.25) is 5.02 Å². The van der Waals surface area contributed by atoms with Crippen LogP contribution in [0.4, 0.5) is 5.69 Å². The SMILES string of the molecule is C[C@@H](NC(=O)COC(=O)c1ccc(Cl)c([N+](=O)[O-])c1)c1ccco1. The van der Waals surface area contributed by atoms with Gasteiger partial charge in [-0.05, 0) is 31.2 Å². The monoisotopic (exact) mass is 352 g/mol. The zero-order chi connectivity index (χ0) is 17.7. The Morgan fingerprint density at radius 3 is 2.79 bits per heavy atom. The number of hydrogen-bond acceptors (Lipinski definition) is 6. The highest BCUT2D eigenvalue weighted by Crippen LogP contribution is 2.25. The molecule has 0 aliphatic heterocycles. The van der Waals surface area contributed by atoms with Gasteiger partial charge in [-0.3, -0.25) is 14.9 Å². The zero-order valence-corrected chi connectivity index (χ0v) is 13.3. The Labute approximate surface area is 141 Å². The van der Waals surface area contributed by atoms with E-state index < -0.39 is 29.1 Å². The van der Waals surface area contributed by atoms with Crippen molar-refractivity contribution in [3.63, 3.8) is 0 Å². The number of nitrogens with zero attached hydrogens (tertiary/aromatic N) is 1. The Kier molecular flexibility index (Phi) is 5.54. The second-order valence-corrected chi connectivity index (χ2v) is 5.21. The maximum atomic E-state index is 11.9. The van der Waals surface area contributed by atoms with E-state index >= 15 is 0 Å². The van der Waals surface area contributed by atoms with Crippen molar-refractivity contribution in [3.8, 4) is 0 Å². The fraction of sp³-hybridized carbons (Fsp3) is 0.200. The maximum absolute atomic E-state index is 11.9. The minimum absolute atomic E-state index is 0.0713. The van der Waals surface area contributed by atoms with Crippen LogP contribution in [0, 0.1) is 10.1 Å². The van der Waals surface area contributed by atoms with Crippen LogP contribution in [0.5, 0.6) is 0 Å². The fourth-order valence-corrected chi connectivity index (χ4v) is 2.07. The van der Waals surface area contributed by atoms with E-state index in [1.807, 2.05) is 0 Å². The molecule has 8 nitrogen and oxygen atoms in total. The summed E-state index contributed by atoms with van der Waals surface area (Å²) < 4.78 is 9.97. The van der Waals surface area contributed by atoms with Crippen LogP contribution in [0.1, 0.15) is 29.1 Å². The molecular formula is C15H13ClN2O6. The lowest BCUT2D eigenvalue weighted by Crippen LogP contribution is -2.31. The number of hydrogen-bond donors (Lipinski definition) is 1. The summed E-state index contributed by atoms with van der Waals surface area (Å²) in [5, 5.41) is 13.3. The number of nitro benzene ring substituents is 1. The summed E-state index contributed by atoms with van der Waals surface area (Å²) in [5.41, 5.74) is -0.486. The number of carbonyl (C=O) groups excluding carboxylic acids is 2. The number of nitro groups is 1. The molecule has 0 aliphatic carbocycles. The van der Waals surface area contributed by atoms with Gasteiger partial charge in [-0.15, -0.1) is 0 Å². The Morgan fingerprint density at radius 1 is 1.42 bits per heavy atom. The molecule has 126 valence electrons. The summed E-state index contributed by atoms with van der Waals surface area (Å²) in [5.74, 6) is -0.839. The van der Waals surface area contributed by atoms with E-state index in [2.05, 4.69) is 5.32 Å². The fourth-order valence-electron chi connectivity index (χ4n) is 1.89. The highest BCUT2D eigenvalue weighted by atomic mass is 35.5. The third kappa shape index (κ3) is 4.32. The van der Waals surface area contributed by atoms with Gasteiger partial charge in [0.2, 0.25) is 0 Å². The number of halogens is 1. The van der Waals surface area contributed by atoms with E-state index in [0.29, 0.717) is 5.76 Å². The van der Waals surface area contributed by atoms with Crippen molar-refractivity contribution < 1.29 is 23.7 Å². The van der Waals surface area contributed by atoms with Crippen molar-refractivity contribution in [2.75, 3.05) is 6.61 Å². The first-order valence-corrected chi connectivity index (χ1v) is 7.20. The van der Waals surface area contributed by atoms with Crippen LogP contribution in [0.3, 0.4) is 0 Å². The van der Waals surface area contributed by atoms with Crippen LogP contribution in [-0.2, 0) is 9.53 Å². The first-order valence-electron chi connectivity index (χ1n) is 6.82. The van der Waals surface area contributed by atoms with E-state index in [4.69, 9.17) is 20.8 Å². The molecule has 24 heavy (non-hydrogen) atoms. The molecule has 0 saturated heterocycles. The Morgan fingerprint density at radius 2 is 2.17 bits per heavy atom. The molecular weight excluding hydrogens is 340 g/mol. The second kappa shape index (κ2) is 7.60. The predicted molar refractivity (Wildman–Crippen MR) is 83.7 cm³/mol. The van der Waals surface area contributed by atoms with E-state index in [0.717, 1.165) is 6.07 Å². The summed E-state index contributed by atoms with van der Waals surface area (Å²) in [6.45, 7) is 1.18. The van der Waals surface area contributed by atoms with Crippen molar-refractivity contribution >= 4 is 29.2 Å². The third-order valence-corrected chi connectivity index (χ3v) is 3.38. The van der Waals surface area contributed by atoms with E-state index in [-0.39, 0.29) is 16.6 Å². The number of rotatable bonds is 6. The maximum Gasteiger partial charge on any atom is 0.338 e. The largest absolute Gasteiger partial charge is 0.467 e. The first kappa shape index (κ1) is 17.5. The lowest BCUT2D eigenvalue weighted by atomic mass is 10.2. The molecule has 0 unspecified atom stereocenters. The third-order valence-electron chi connectivity index (χ3n) is 3.06. The van der Waals surface area contributed by atoms with Crippen molar-refractivity contribution in [2.24, 2.45) is 0 Å². The van der Waals surface area contributed by atoms with Gasteiger partial charge in [0.1, 0.15) is 10.8 Å². The lowest BCUT2D eigenvalue weighted by molar-refractivity contribution is -0.384. The van der Waals surface area contributed by atoms with Crippen LogP contribution in [0.15, 0.2) is 41.0 Å². The molecule has 1 amide bonds. The number of carbonyl (C=O) groups is 2. The number of benzene rings is 1. The molecule has 0 bridgehead atoms. The van der Waals surface area contributed by atoms with E-state index in [1.165, 1.54) is 18.4 Å².